The highest BCUT2D eigenvalue weighted by Gasteiger charge is 2.28. The van der Waals surface area contributed by atoms with E-state index in [0.717, 1.165) is 44.0 Å². The van der Waals surface area contributed by atoms with Crippen LogP contribution in [0, 0.1) is 5.92 Å². The van der Waals surface area contributed by atoms with Crippen LogP contribution in [0.3, 0.4) is 0 Å². The molecule has 6 heteroatoms. The number of hydrogen-bond acceptors (Lipinski definition) is 5. The molecule has 6 nitrogen and oxygen atoms in total. The minimum Gasteiger partial charge on any atom is -0.497 e. The average molecular weight is 380 g/mol. The van der Waals surface area contributed by atoms with Gasteiger partial charge in [-0.3, -0.25) is 10.2 Å². The van der Waals surface area contributed by atoms with Crippen LogP contribution >= 0.6 is 0 Å². The van der Waals surface area contributed by atoms with E-state index in [1.807, 2.05) is 29.2 Å². The number of benzene rings is 2. The van der Waals surface area contributed by atoms with E-state index in [2.05, 4.69) is 40.4 Å². The van der Waals surface area contributed by atoms with Crippen molar-refractivity contribution < 1.29 is 9.53 Å². The van der Waals surface area contributed by atoms with Gasteiger partial charge < -0.3 is 15.0 Å². The van der Waals surface area contributed by atoms with Gasteiger partial charge in [-0.15, -0.1) is 0 Å². The molecular formula is C22H28N4O2. The van der Waals surface area contributed by atoms with E-state index in [1.54, 1.807) is 7.11 Å². The van der Waals surface area contributed by atoms with Crippen LogP contribution < -0.4 is 25.8 Å². The SMILES string of the molecule is COc1cccc(C2NNCC2CNCc2cccc(N3CCCC3=O)c2)c1. The van der Waals surface area contributed by atoms with Crippen LogP contribution in [0.15, 0.2) is 48.5 Å². The van der Waals surface area contributed by atoms with Crippen molar-refractivity contribution in [3.63, 3.8) is 0 Å². The van der Waals surface area contributed by atoms with Crippen LogP contribution in [0.4, 0.5) is 5.69 Å². The summed E-state index contributed by atoms with van der Waals surface area (Å²) in [5, 5.41) is 3.59. The second kappa shape index (κ2) is 8.73. The van der Waals surface area contributed by atoms with E-state index < -0.39 is 0 Å². The van der Waals surface area contributed by atoms with E-state index in [1.165, 1.54) is 11.1 Å². The second-order valence-corrected chi connectivity index (χ2v) is 7.49. The van der Waals surface area contributed by atoms with E-state index in [-0.39, 0.29) is 11.9 Å². The molecule has 1 amide bonds. The van der Waals surface area contributed by atoms with Crippen LogP contribution in [0.2, 0.25) is 0 Å². The van der Waals surface area contributed by atoms with Crippen LogP contribution in [0.5, 0.6) is 5.75 Å². The maximum absolute atomic E-state index is 12.0. The molecule has 0 radical (unpaired) electrons. The van der Waals surface area contributed by atoms with Crippen molar-refractivity contribution in [2.45, 2.75) is 25.4 Å². The molecule has 0 saturated carbocycles. The Hall–Kier alpha value is -2.41. The number of hydrogen-bond donors (Lipinski definition) is 3. The van der Waals surface area contributed by atoms with Crippen LogP contribution in [-0.2, 0) is 11.3 Å². The molecule has 0 bridgehead atoms. The first-order valence-electron chi connectivity index (χ1n) is 9.97. The third-order valence-corrected chi connectivity index (χ3v) is 5.58. The second-order valence-electron chi connectivity index (χ2n) is 7.49. The smallest absolute Gasteiger partial charge is 0.227 e. The molecule has 2 aliphatic heterocycles. The van der Waals surface area contributed by atoms with Gasteiger partial charge in [0.05, 0.1) is 13.2 Å². The number of ether oxygens (including phenoxy) is 1. The van der Waals surface area contributed by atoms with Crippen LogP contribution in [0.25, 0.3) is 0 Å². The molecule has 2 unspecified atom stereocenters. The quantitative estimate of drug-likeness (QED) is 0.688. The molecule has 2 aromatic rings. The number of amides is 1. The zero-order valence-electron chi connectivity index (χ0n) is 16.3. The summed E-state index contributed by atoms with van der Waals surface area (Å²) < 4.78 is 5.36. The predicted octanol–water partition coefficient (Wildman–Crippen LogP) is 2.38. The molecule has 2 saturated heterocycles. The summed E-state index contributed by atoms with van der Waals surface area (Å²) in [6, 6.07) is 16.8. The Kier molecular flexibility index (Phi) is 5.90. The molecule has 28 heavy (non-hydrogen) atoms. The molecular weight excluding hydrogens is 352 g/mol. The summed E-state index contributed by atoms with van der Waals surface area (Å²) >= 11 is 0. The Morgan fingerprint density at radius 1 is 1.21 bits per heavy atom. The summed E-state index contributed by atoms with van der Waals surface area (Å²) in [4.78, 5) is 13.9. The number of nitrogens with one attached hydrogen (secondary N) is 3. The molecule has 2 aliphatic rings. The lowest BCUT2D eigenvalue weighted by Crippen LogP contribution is -2.28. The number of hydrazine groups is 1. The lowest BCUT2D eigenvalue weighted by Gasteiger charge is -2.20. The Morgan fingerprint density at radius 3 is 2.93 bits per heavy atom. The number of carbonyl (C=O) groups excluding carboxylic acids is 1. The Morgan fingerprint density at radius 2 is 2.11 bits per heavy atom. The van der Waals surface area contributed by atoms with Crippen LogP contribution in [0.1, 0.15) is 30.0 Å². The van der Waals surface area contributed by atoms with Crippen molar-refractivity contribution in [2.75, 3.05) is 31.6 Å². The van der Waals surface area contributed by atoms with Crippen molar-refractivity contribution >= 4 is 11.6 Å². The van der Waals surface area contributed by atoms with E-state index in [0.29, 0.717) is 12.3 Å². The maximum Gasteiger partial charge on any atom is 0.227 e. The summed E-state index contributed by atoms with van der Waals surface area (Å²) in [7, 11) is 1.70. The van der Waals surface area contributed by atoms with Crippen molar-refractivity contribution in [3.05, 3.63) is 59.7 Å². The van der Waals surface area contributed by atoms with Gasteiger partial charge in [0.1, 0.15) is 5.75 Å². The van der Waals surface area contributed by atoms with Gasteiger partial charge in [-0.2, -0.15) is 0 Å². The van der Waals surface area contributed by atoms with Gasteiger partial charge in [-0.05, 0) is 41.8 Å². The van der Waals surface area contributed by atoms with Crippen molar-refractivity contribution in [2.24, 2.45) is 5.92 Å². The molecule has 148 valence electrons. The molecule has 3 N–H and O–H groups in total. The molecule has 0 aliphatic carbocycles. The first-order chi connectivity index (χ1) is 13.7. The normalized spacial score (nSPS) is 22.0. The number of rotatable bonds is 7. The molecule has 2 heterocycles. The zero-order chi connectivity index (χ0) is 19.3. The Bertz CT molecular complexity index is 826. The first kappa shape index (κ1) is 18.9. The number of anilines is 1. The monoisotopic (exact) mass is 380 g/mol. The lowest BCUT2D eigenvalue weighted by molar-refractivity contribution is -0.117. The first-order valence-corrected chi connectivity index (χ1v) is 9.97. The Labute approximate surface area is 166 Å². The highest BCUT2D eigenvalue weighted by atomic mass is 16.5. The fraction of sp³-hybridized carbons (Fsp3) is 0.409. The average Bonchev–Trinajstić information content (AvgIpc) is 3.37. The van der Waals surface area contributed by atoms with Gasteiger partial charge in [0.2, 0.25) is 5.91 Å². The van der Waals surface area contributed by atoms with E-state index >= 15 is 0 Å². The Balaban J connectivity index is 1.35. The minimum absolute atomic E-state index is 0.231. The number of nitrogens with zero attached hydrogens (tertiary/aromatic N) is 1. The standard InChI is InChI=1S/C22H28N4O2/c1-28-20-8-3-6-17(12-20)22-18(15-24-25-22)14-23-13-16-5-2-7-19(11-16)26-10-4-9-21(26)27/h2-3,5-8,11-12,18,22-25H,4,9-10,13-15H2,1H3. The van der Waals surface area contributed by atoms with Crippen molar-refractivity contribution in [1.29, 1.82) is 0 Å². The fourth-order valence-electron chi connectivity index (χ4n) is 4.07. The van der Waals surface area contributed by atoms with Crippen molar-refractivity contribution in [1.82, 2.24) is 16.2 Å². The van der Waals surface area contributed by atoms with Gasteiger partial charge in [-0.1, -0.05) is 24.3 Å². The highest BCUT2D eigenvalue weighted by molar-refractivity contribution is 5.95. The van der Waals surface area contributed by atoms with E-state index in [4.69, 9.17) is 4.74 Å². The predicted molar refractivity (Wildman–Crippen MR) is 110 cm³/mol. The summed E-state index contributed by atoms with van der Waals surface area (Å²) in [5.74, 6) is 1.55. The van der Waals surface area contributed by atoms with Gasteiger partial charge >= 0.3 is 0 Å². The molecule has 2 fully saturated rings. The number of methoxy groups -OCH3 is 1. The van der Waals surface area contributed by atoms with Gasteiger partial charge in [0.15, 0.2) is 0 Å². The number of carbonyl (C=O) groups is 1. The molecule has 4 rings (SSSR count). The lowest BCUT2D eigenvalue weighted by atomic mass is 9.94. The third kappa shape index (κ3) is 4.19. The molecule has 0 spiro atoms. The topological polar surface area (TPSA) is 65.6 Å². The summed E-state index contributed by atoms with van der Waals surface area (Å²) in [5.41, 5.74) is 10.1. The summed E-state index contributed by atoms with van der Waals surface area (Å²) in [6.07, 6.45) is 1.62. The van der Waals surface area contributed by atoms with Gasteiger partial charge in [0, 0.05) is 44.2 Å². The zero-order valence-corrected chi connectivity index (χ0v) is 16.3. The van der Waals surface area contributed by atoms with Gasteiger partial charge in [0.25, 0.3) is 0 Å². The van der Waals surface area contributed by atoms with E-state index in [9.17, 15) is 4.79 Å². The summed E-state index contributed by atoms with van der Waals surface area (Å²) in [6.45, 7) is 3.43. The molecule has 2 aromatic carbocycles. The molecule has 0 aromatic heterocycles. The van der Waals surface area contributed by atoms with Crippen molar-refractivity contribution in [3.8, 4) is 5.75 Å². The minimum atomic E-state index is 0.231. The largest absolute Gasteiger partial charge is 0.497 e. The maximum atomic E-state index is 12.0. The van der Waals surface area contributed by atoms with Crippen LogP contribution in [-0.4, -0.2) is 32.7 Å². The third-order valence-electron chi connectivity index (χ3n) is 5.58. The fourth-order valence-corrected chi connectivity index (χ4v) is 4.07. The highest BCUT2D eigenvalue weighted by Crippen LogP contribution is 2.27. The van der Waals surface area contributed by atoms with Gasteiger partial charge in [-0.25, -0.2) is 5.43 Å². The molecule has 2 atom stereocenters.